The number of carbonyl (C=O) groups is 1. The molecule has 0 radical (unpaired) electrons. The smallest absolute Gasteiger partial charge is 0.349 e. The number of anilines is 1. The molecule has 0 aliphatic heterocycles. The Kier molecular flexibility index (Phi) is 6.26. The van der Waals surface area contributed by atoms with Crippen LogP contribution in [-0.2, 0) is 0 Å². The van der Waals surface area contributed by atoms with Crippen molar-refractivity contribution < 1.29 is 13.9 Å². The first-order valence-corrected chi connectivity index (χ1v) is 9.24. The van der Waals surface area contributed by atoms with Gasteiger partial charge in [-0.25, -0.2) is 4.79 Å². The van der Waals surface area contributed by atoms with Crippen molar-refractivity contribution in [1.29, 1.82) is 0 Å². The molecule has 27 heavy (non-hydrogen) atoms. The van der Waals surface area contributed by atoms with Gasteiger partial charge in [-0.2, -0.15) is 0 Å². The van der Waals surface area contributed by atoms with Crippen LogP contribution in [0.5, 0.6) is 5.75 Å². The van der Waals surface area contributed by atoms with E-state index in [1.807, 2.05) is 6.07 Å². The van der Waals surface area contributed by atoms with Gasteiger partial charge >= 0.3 is 5.63 Å². The van der Waals surface area contributed by atoms with Crippen LogP contribution in [-0.4, -0.2) is 12.5 Å². The Morgan fingerprint density at radius 2 is 1.81 bits per heavy atom. The van der Waals surface area contributed by atoms with Gasteiger partial charge in [-0.15, -0.1) is 0 Å². The fourth-order valence-electron chi connectivity index (χ4n) is 2.77. The van der Waals surface area contributed by atoms with Gasteiger partial charge in [-0.3, -0.25) is 4.79 Å². The third-order valence-electron chi connectivity index (χ3n) is 4.26. The Morgan fingerprint density at radius 3 is 2.59 bits per heavy atom. The van der Waals surface area contributed by atoms with E-state index in [1.165, 1.54) is 19.3 Å². The number of rotatable bonds is 8. The van der Waals surface area contributed by atoms with Gasteiger partial charge in [0.2, 0.25) is 0 Å². The summed E-state index contributed by atoms with van der Waals surface area (Å²) < 4.78 is 10.9. The summed E-state index contributed by atoms with van der Waals surface area (Å²) in [6.45, 7) is 2.86. The maximum atomic E-state index is 12.4. The molecule has 0 aliphatic carbocycles. The molecule has 1 heterocycles. The summed E-state index contributed by atoms with van der Waals surface area (Å²) in [5.41, 5.74) is 0.369. The molecular formula is C22H23NO4. The molecule has 0 saturated heterocycles. The number of carbonyl (C=O) groups excluding carboxylic acids is 1. The minimum Gasteiger partial charge on any atom is -0.494 e. The lowest BCUT2D eigenvalue weighted by atomic mass is 10.1. The molecule has 1 aromatic heterocycles. The SMILES string of the molecule is CCCCCCOc1ccc(NC(=O)c2cc3ccccc3oc2=O)cc1. The Labute approximate surface area is 158 Å². The van der Waals surface area contributed by atoms with Gasteiger partial charge in [0.15, 0.2) is 0 Å². The highest BCUT2D eigenvalue weighted by molar-refractivity contribution is 6.05. The number of benzene rings is 2. The number of ether oxygens (including phenoxy) is 1. The second-order valence-electron chi connectivity index (χ2n) is 6.37. The van der Waals surface area contributed by atoms with Gasteiger partial charge in [0.1, 0.15) is 16.9 Å². The molecule has 140 valence electrons. The number of nitrogens with one attached hydrogen (secondary N) is 1. The number of amides is 1. The van der Waals surface area contributed by atoms with Crippen LogP contribution in [0.3, 0.4) is 0 Å². The lowest BCUT2D eigenvalue weighted by molar-refractivity contribution is 0.102. The van der Waals surface area contributed by atoms with Crippen LogP contribution in [0, 0.1) is 0 Å². The van der Waals surface area contributed by atoms with Gasteiger partial charge in [0.25, 0.3) is 5.91 Å². The molecular weight excluding hydrogens is 342 g/mol. The number of hydrogen-bond acceptors (Lipinski definition) is 4. The molecule has 2 aromatic carbocycles. The summed E-state index contributed by atoms with van der Waals surface area (Å²) in [5, 5.41) is 3.42. The fraction of sp³-hybridized carbons (Fsp3) is 0.273. The molecule has 0 saturated carbocycles. The van der Waals surface area contributed by atoms with Crippen molar-refractivity contribution in [2.24, 2.45) is 0 Å². The van der Waals surface area contributed by atoms with Gasteiger partial charge in [-0.05, 0) is 42.8 Å². The lowest BCUT2D eigenvalue weighted by Crippen LogP contribution is -2.20. The first kappa shape index (κ1) is 18.7. The Morgan fingerprint density at radius 1 is 1.04 bits per heavy atom. The number of para-hydroxylation sites is 1. The van der Waals surface area contributed by atoms with Crippen LogP contribution >= 0.6 is 0 Å². The number of unbranched alkanes of at least 4 members (excludes halogenated alkanes) is 3. The summed E-state index contributed by atoms with van der Waals surface area (Å²) in [6, 6.07) is 15.7. The highest BCUT2D eigenvalue weighted by Gasteiger charge is 2.14. The molecule has 0 unspecified atom stereocenters. The monoisotopic (exact) mass is 365 g/mol. The second-order valence-corrected chi connectivity index (χ2v) is 6.37. The zero-order valence-corrected chi connectivity index (χ0v) is 15.4. The van der Waals surface area contributed by atoms with Crippen molar-refractivity contribution >= 4 is 22.6 Å². The summed E-state index contributed by atoms with van der Waals surface area (Å²) in [6.07, 6.45) is 4.62. The molecule has 5 heteroatoms. The van der Waals surface area contributed by atoms with E-state index >= 15 is 0 Å². The van der Waals surface area contributed by atoms with Crippen molar-refractivity contribution in [3.8, 4) is 5.75 Å². The van der Waals surface area contributed by atoms with Crippen LogP contribution in [0.25, 0.3) is 11.0 Å². The Hall–Kier alpha value is -3.08. The van der Waals surface area contributed by atoms with E-state index in [0.29, 0.717) is 23.3 Å². The third kappa shape index (κ3) is 4.97. The average Bonchev–Trinajstić information content (AvgIpc) is 2.68. The number of fused-ring (bicyclic) bond motifs is 1. The van der Waals surface area contributed by atoms with Crippen LogP contribution < -0.4 is 15.7 Å². The molecule has 0 atom stereocenters. The Bertz CT molecular complexity index is 960. The quantitative estimate of drug-likeness (QED) is 0.450. The van der Waals surface area contributed by atoms with E-state index in [-0.39, 0.29) is 5.56 Å². The molecule has 5 nitrogen and oxygen atoms in total. The zero-order valence-electron chi connectivity index (χ0n) is 15.4. The molecule has 1 N–H and O–H groups in total. The summed E-state index contributed by atoms with van der Waals surface area (Å²) in [4.78, 5) is 24.5. The van der Waals surface area contributed by atoms with Crippen LogP contribution in [0.1, 0.15) is 43.0 Å². The van der Waals surface area contributed by atoms with Crippen LogP contribution in [0.15, 0.2) is 63.8 Å². The van der Waals surface area contributed by atoms with E-state index in [4.69, 9.17) is 9.15 Å². The van der Waals surface area contributed by atoms with Crippen molar-refractivity contribution in [1.82, 2.24) is 0 Å². The summed E-state index contributed by atoms with van der Waals surface area (Å²) >= 11 is 0. The van der Waals surface area contributed by atoms with E-state index < -0.39 is 11.5 Å². The average molecular weight is 365 g/mol. The molecule has 3 rings (SSSR count). The highest BCUT2D eigenvalue weighted by atomic mass is 16.5. The summed E-state index contributed by atoms with van der Waals surface area (Å²) in [7, 11) is 0. The van der Waals surface area contributed by atoms with Crippen molar-refractivity contribution in [3.05, 3.63) is 70.6 Å². The fourth-order valence-corrected chi connectivity index (χ4v) is 2.77. The van der Waals surface area contributed by atoms with Gasteiger partial charge in [-0.1, -0.05) is 44.4 Å². The summed E-state index contributed by atoms with van der Waals surface area (Å²) in [5.74, 6) is 0.262. The van der Waals surface area contributed by atoms with E-state index in [1.54, 1.807) is 48.5 Å². The molecule has 3 aromatic rings. The van der Waals surface area contributed by atoms with E-state index in [0.717, 1.165) is 12.2 Å². The predicted octanol–water partition coefficient (Wildman–Crippen LogP) is 5.00. The van der Waals surface area contributed by atoms with Crippen LogP contribution in [0.2, 0.25) is 0 Å². The number of hydrogen-bond donors (Lipinski definition) is 1. The van der Waals surface area contributed by atoms with Crippen molar-refractivity contribution in [2.75, 3.05) is 11.9 Å². The third-order valence-corrected chi connectivity index (χ3v) is 4.26. The zero-order chi connectivity index (χ0) is 19.1. The second kappa shape index (κ2) is 9.03. The normalized spacial score (nSPS) is 10.7. The van der Waals surface area contributed by atoms with Gasteiger partial charge in [0, 0.05) is 11.1 Å². The topological polar surface area (TPSA) is 68.5 Å². The largest absolute Gasteiger partial charge is 0.494 e. The first-order valence-electron chi connectivity index (χ1n) is 9.24. The van der Waals surface area contributed by atoms with E-state index in [9.17, 15) is 9.59 Å². The van der Waals surface area contributed by atoms with Crippen molar-refractivity contribution in [2.45, 2.75) is 32.6 Å². The van der Waals surface area contributed by atoms with Gasteiger partial charge < -0.3 is 14.5 Å². The lowest BCUT2D eigenvalue weighted by Gasteiger charge is -2.08. The molecule has 0 fully saturated rings. The van der Waals surface area contributed by atoms with Crippen molar-refractivity contribution in [3.63, 3.8) is 0 Å². The maximum absolute atomic E-state index is 12.4. The highest BCUT2D eigenvalue weighted by Crippen LogP contribution is 2.18. The molecule has 0 aliphatic rings. The van der Waals surface area contributed by atoms with Gasteiger partial charge in [0.05, 0.1) is 6.61 Å². The minimum atomic E-state index is -0.654. The minimum absolute atomic E-state index is 0.0232. The first-order chi connectivity index (χ1) is 13.2. The van der Waals surface area contributed by atoms with E-state index in [2.05, 4.69) is 12.2 Å². The standard InChI is InChI=1S/C22H23NO4/c1-2-3-4-7-14-26-18-12-10-17(11-13-18)23-21(24)19-15-16-8-5-6-9-20(16)27-22(19)25/h5-6,8-13,15H,2-4,7,14H2,1H3,(H,23,24). The molecule has 1 amide bonds. The molecule has 0 bridgehead atoms. The Balaban J connectivity index is 1.62. The molecule has 0 spiro atoms. The predicted molar refractivity (Wildman–Crippen MR) is 107 cm³/mol. The maximum Gasteiger partial charge on any atom is 0.349 e. The van der Waals surface area contributed by atoms with Crippen LogP contribution in [0.4, 0.5) is 5.69 Å².